The normalized spacial score (nSPS) is 24.3. The molecule has 0 amide bonds. The van der Waals surface area contributed by atoms with Crippen LogP contribution in [0.3, 0.4) is 0 Å². The first-order valence-electron chi connectivity index (χ1n) is 4.85. The van der Waals surface area contributed by atoms with E-state index >= 15 is 0 Å². The zero-order valence-electron chi connectivity index (χ0n) is 8.80. The first kappa shape index (κ1) is 10.2. The van der Waals surface area contributed by atoms with Crippen LogP contribution in [0.2, 0.25) is 0 Å². The van der Waals surface area contributed by atoms with Gasteiger partial charge in [0, 0.05) is 11.6 Å². The van der Waals surface area contributed by atoms with E-state index in [2.05, 4.69) is 18.8 Å². The molecule has 0 aromatic carbocycles. The van der Waals surface area contributed by atoms with Crippen LogP contribution in [-0.2, 0) is 4.74 Å². The van der Waals surface area contributed by atoms with Crippen molar-refractivity contribution < 1.29 is 14.6 Å². The smallest absolute Gasteiger partial charge is 0.356 e. The molecule has 1 fully saturated rings. The molecule has 82 valence electrons. The predicted octanol–water partition coefficient (Wildman–Crippen LogP) is 1.18. The van der Waals surface area contributed by atoms with Gasteiger partial charge >= 0.3 is 5.97 Å². The summed E-state index contributed by atoms with van der Waals surface area (Å²) in [6.45, 7) is 5.51. The van der Waals surface area contributed by atoms with Gasteiger partial charge < -0.3 is 14.4 Å². The molecule has 2 rings (SSSR count). The van der Waals surface area contributed by atoms with Crippen LogP contribution in [-0.4, -0.2) is 33.8 Å². The fourth-order valence-corrected chi connectivity index (χ4v) is 1.86. The van der Waals surface area contributed by atoms with Crippen molar-refractivity contribution in [2.24, 2.45) is 5.41 Å². The van der Waals surface area contributed by atoms with Crippen molar-refractivity contribution in [2.45, 2.75) is 19.9 Å². The molecule has 1 N–H and O–H groups in total. The first-order valence-corrected chi connectivity index (χ1v) is 4.85. The van der Waals surface area contributed by atoms with Gasteiger partial charge in [-0.2, -0.15) is 0 Å². The average molecular weight is 210 g/mol. The molecular formula is C10H14N2O3. The Balaban J connectivity index is 2.26. The number of ether oxygens (including phenoxy) is 1. The van der Waals surface area contributed by atoms with Crippen LogP contribution in [0.15, 0.2) is 12.5 Å². The molecule has 15 heavy (non-hydrogen) atoms. The van der Waals surface area contributed by atoms with E-state index < -0.39 is 5.97 Å². The third-order valence-corrected chi connectivity index (χ3v) is 2.83. The molecule has 5 heteroatoms. The second-order valence-corrected chi connectivity index (χ2v) is 4.53. The Morgan fingerprint density at radius 2 is 2.47 bits per heavy atom. The maximum absolute atomic E-state index is 10.7. The van der Waals surface area contributed by atoms with Crippen molar-refractivity contribution in [1.29, 1.82) is 0 Å². The highest BCUT2D eigenvalue weighted by atomic mass is 16.5. The number of aromatic carboxylic acids is 1. The van der Waals surface area contributed by atoms with Gasteiger partial charge in [-0.1, -0.05) is 13.8 Å². The molecule has 2 heterocycles. The summed E-state index contributed by atoms with van der Waals surface area (Å²) in [6.07, 6.45) is 3.12. The minimum Gasteiger partial charge on any atom is -0.476 e. The van der Waals surface area contributed by atoms with Gasteiger partial charge in [0.15, 0.2) is 5.69 Å². The number of imidazole rings is 1. The zero-order chi connectivity index (χ0) is 11.1. The Kier molecular flexibility index (Phi) is 2.26. The lowest BCUT2D eigenvalue weighted by Crippen LogP contribution is -2.24. The summed E-state index contributed by atoms with van der Waals surface area (Å²) < 4.78 is 7.23. The fraction of sp³-hybridized carbons (Fsp3) is 0.600. The molecular weight excluding hydrogens is 196 g/mol. The molecule has 1 aliphatic rings. The van der Waals surface area contributed by atoms with Crippen molar-refractivity contribution in [2.75, 3.05) is 13.2 Å². The van der Waals surface area contributed by atoms with Gasteiger partial charge in [-0.3, -0.25) is 0 Å². The Bertz CT molecular complexity index is 384. The SMILES string of the molecule is CC1(C)COCC1n1cnc(C(=O)O)c1. The van der Waals surface area contributed by atoms with Gasteiger partial charge in [0.05, 0.1) is 25.6 Å². The molecule has 1 aliphatic heterocycles. The molecule has 0 radical (unpaired) electrons. The number of carboxylic acids is 1. The lowest BCUT2D eigenvalue weighted by Gasteiger charge is -2.25. The quantitative estimate of drug-likeness (QED) is 0.796. The summed E-state index contributed by atoms with van der Waals surface area (Å²) in [7, 11) is 0. The number of carbonyl (C=O) groups is 1. The Morgan fingerprint density at radius 1 is 1.73 bits per heavy atom. The van der Waals surface area contributed by atoms with Crippen LogP contribution in [0, 0.1) is 5.41 Å². The van der Waals surface area contributed by atoms with Crippen molar-refractivity contribution >= 4 is 5.97 Å². The third-order valence-electron chi connectivity index (χ3n) is 2.83. The second-order valence-electron chi connectivity index (χ2n) is 4.53. The third kappa shape index (κ3) is 1.74. The summed E-state index contributed by atoms with van der Waals surface area (Å²) in [6, 6.07) is 0.165. The van der Waals surface area contributed by atoms with Gasteiger partial charge in [0.2, 0.25) is 0 Å². The monoisotopic (exact) mass is 210 g/mol. The molecule has 0 spiro atoms. The van der Waals surface area contributed by atoms with Crippen LogP contribution >= 0.6 is 0 Å². The predicted molar refractivity (Wildman–Crippen MR) is 52.8 cm³/mol. The Hall–Kier alpha value is -1.36. The molecule has 1 aromatic rings. The summed E-state index contributed by atoms with van der Waals surface area (Å²) in [4.78, 5) is 14.5. The van der Waals surface area contributed by atoms with Crippen LogP contribution in [0.4, 0.5) is 0 Å². The van der Waals surface area contributed by atoms with Gasteiger partial charge in [-0.25, -0.2) is 9.78 Å². The van der Waals surface area contributed by atoms with Crippen molar-refractivity contribution in [3.05, 3.63) is 18.2 Å². The highest BCUT2D eigenvalue weighted by molar-refractivity contribution is 5.84. The first-order chi connectivity index (χ1) is 7.00. The van der Waals surface area contributed by atoms with E-state index in [-0.39, 0.29) is 17.2 Å². The lowest BCUT2D eigenvalue weighted by atomic mass is 9.88. The van der Waals surface area contributed by atoms with Crippen molar-refractivity contribution in [3.8, 4) is 0 Å². The fourth-order valence-electron chi connectivity index (χ4n) is 1.86. The minimum absolute atomic E-state index is 0.0243. The topological polar surface area (TPSA) is 64.4 Å². The van der Waals surface area contributed by atoms with Gasteiger partial charge in [0.25, 0.3) is 0 Å². The van der Waals surface area contributed by atoms with Crippen molar-refractivity contribution in [3.63, 3.8) is 0 Å². The van der Waals surface area contributed by atoms with Crippen molar-refractivity contribution in [1.82, 2.24) is 9.55 Å². The molecule has 1 unspecified atom stereocenters. The highest BCUT2D eigenvalue weighted by Gasteiger charge is 2.37. The summed E-state index contributed by atoms with van der Waals surface area (Å²) >= 11 is 0. The molecule has 1 saturated heterocycles. The number of nitrogens with zero attached hydrogens (tertiary/aromatic N) is 2. The van der Waals surface area contributed by atoms with E-state index in [4.69, 9.17) is 9.84 Å². The largest absolute Gasteiger partial charge is 0.476 e. The van der Waals surface area contributed by atoms with Crippen LogP contribution in [0.5, 0.6) is 0 Å². The zero-order valence-corrected chi connectivity index (χ0v) is 8.80. The van der Waals surface area contributed by atoms with Crippen LogP contribution < -0.4 is 0 Å². The summed E-state index contributed by atoms with van der Waals surface area (Å²) in [5.74, 6) is -0.995. The standard InChI is InChI=1S/C10H14N2O3/c1-10(2)5-15-4-8(10)12-3-7(9(13)14)11-6-12/h3,6,8H,4-5H2,1-2H3,(H,13,14). The minimum atomic E-state index is -0.995. The number of hydrogen-bond donors (Lipinski definition) is 1. The van der Waals surface area contributed by atoms with Gasteiger partial charge in [0.1, 0.15) is 0 Å². The summed E-state index contributed by atoms with van der Waals surface area (Å²) in [5.41, 5.74) is 0.105. The van der Waals surface area contributed by atoms with E-state index in [1.165, 1.54) is 0 Å². The average Bonchev–Trinajstić information content (AvgIpc) is 2.69. The van der Waals surface area contributed by atoms with E-state index in [9.17, 15) is 4.79 Å². The molecule has 0 saturated carbocycles. The highest BCUT2D eigenvalue weighted by Crippen LogP contribution is 2.36. The maximum atomic E-state index is 10.7. The van der Waals surface area contributed by atoms with E-state index in [0.29, 0.717) is 13.2 Å². The summed E-state index contributed by atoms with van der Waals surface area (Å²) in [5, 5.41) is 8.76. The van der Waals surface area contributed by atoms with E-state index in [0.717, 1.165) is 0 Å². The Labute approximate surface area is 87.7 Å². The number of hydrogen-bond acceptors (Lipinski definition) is 3. The van der Waals surface area contributed by atoms with Gasteiger partial charge in [-0.05, 0) is 0 Å². The van der Waals surface area contributed by atoms with Crippen LogP contribution in [0.25, 0.3) is 0 Å². The maximum Gasteiger partial charge on any atom is 0.356 e. The van der Waals surface area contributed by atoms with Gasteiger partial charge in [-0.15, -0.1) is 0 Å². The second kappa shape index (κ2) is 3.34. The molecule has 0 bridgehead atoms. The molecule has 1 aromatic heterocycles. The van der Waals surface area contributed by atoms with E-state index in [1.54, 1.807) is 12.5 Å². The van der Waals surface area contributed by atoms with Crippen LogP contribution in [0.1, 0.15) is 30.4 Å². The van der Waals surface area contributed by atoms with E-state index in [1.807, 2.05) is 4.57 Å². The number of rotatable bonds is 2. The Morgan fingerprint density at radius 3 is 2.93 bits per heavy atom. The molecule has 0 aliphatic carbocycles. The lowest BCUT2D eigenvalue weighted by molar-refractivity contribution is 0.0690. The molecule has 5 nitrogen and oxygen atoms in total. The number of carboxylic acid groups (broad SMARTS) is 1. The molecule has 1 atom stereocenters. The number of aromatic nitrogens is 2.